The van der Waals surface area contributed by atoms with Crippen LogP contribution in [0.5, 0.6) is 5.75 Å². The van der Waals surface area contributed by atoms with E-state index in [9.17, 15) is 9.59 Å². The third-order valence-electron chi connectivity index (χ3n) is 3.87. The highest BCUT2D eigenvalue weighted by atomic mass is 32.1. The summed E-state index contributed by atoms with van der Waals surface area (Å²) in [6.45, 7) is 7.48. The molecule has 0 atom stereocenters. The molecule has 3 rings (SSSR count). The predicted octanol–water partition coefficient (Wildman–Crippen LogP) is 4.50. The third kappa shape index (κ3) is 4.86. The summed E-state index contributed by atoms with van der Waals surface area (Å²) in [4.78, 5) is 28.7. The molecule has 0 saturated carbocycles. The molecule has 6 nitrogen and oxygen atoms in total. The molecule has 1 aromatic heterocycles. The van der Waals surface area contributed by atoms with Crippen molar-refractivity contribution in [3.63, 3.8) is 0 Å². The first-order valence-electron chi connectivity index (χ1n) is 8.93. The fourth-order valence-corrected chi connectivity index (χ4v) is 3.79. The summed E-state index contributed by atoms with van der Waals surface area (Å²) in [5.41, 5.74) is 3.43. The highest BCUT2D eigenvalue weighted by Crippen LogP contribution is 2.29. The van der Waals surface area contributed by atoms with E-state index in [2.05, 4.69) is 10.3 Å². The van der Waals surface area contributed by atoms with Crippen molar-refractivity contribution in [3.05, 3.63) is 53.1 Å². The van der Waals surface area contributed by atoms with E-state index in [1.807, 2.05) is 39.8 Å². The largest absolute Gasteiger partial charge is 0.491 e. The molecule has 0 saturated heterocycles. The average Bonchev–Trinajstić information content (AvgIpc) is 3.02. The Kier molecular flexibility index (Phi) is 5.94. The van der Waals surface area contributed by atoms with Gasteiger partial charge in [0, 0.05) is 0 Å². The number of nitrogens with zero attached hydrogens (tertiary/aromatic N) is 1. The maximum Gasteiger partial charge on any atom is 0.338 e. The van der Waals surface area contributed by atoms with Crippen LogP contribution >= 0.6 is 11.3 Å². The maximum absolute atomic E-state index is 12.1. The fraction of sp³-hybridized carbons (Fsp3) is 0.286. The monoisotopic (exact) mass is 398 g/mol. The summed E-state index contributed by atoms with van der Waals surface area (Å²) in [5.74, 6) is -0.325. The van der Waals surface area contributed by atoms with E-state index in [0.717, 1.165) is 21.3 Å². The number of amides is 1. The highest BCUT2D eigenvalue weighted by Gasteiger charge is 2.13. The molecule has 1 amide bonds. The number of carbonyl (C=O) groups excluding carboxylic acids is 2. The smallest absolute Gasteiger partial charge is 0.338 e. The number of nitrogens with one attached hydrogen (secondary N) is 1. The van der Waals surface area contributed by atoms with Crippen LogP contribution in [-0.2, 0) is 9.53 Å². The molecular weight excluding hydrogens is 376 g/mol. The number of hydrogen-bond acceptors (Lipinski definition) is 6. The first-order chi connectivity index (χ1) is 13.3. The van der Waals surface area contributed by atoms with E-state index in [0.29, 0.717) is 16.4 Å². The number of aryl methyl sites for hydroxylation is 2. The lowest BCUT2D eigenvalue weighted by Crippen LogP contribution is -2.20. The second-order valence-corrected chi connectivity index (χ2v) is 7.79. The Hall–Kier alpha value is -2.93. The Morgan fingerprint density at radius 1 is 1.14 bits per heavy atom. The first kappa shape index (κ1) is 19.8. The minimum Gasteiger partial charge on any atom is -0.491 e. The van der Waals surface area contributed by atoms with Gasteiger partial charge in [-0.1, -0.05) is 17.4 Å². The number of ether oxygens (including phenoxy) is 2. The van der Waals surface area contributed by atoms with Crippen molar-refractivity contribution >= 4 is 38.6 Å². The van der Waals surface area contributed by atoms with Crippen LogP contribution in [0.15, 0.2) is 36.4 Å². The highest BCUT2D eigenvalue weighted by molar-refractivity contribution is 7.22. The van der Waals surface area contributed by atoms with Crippen molar-refractivity contribution in [1.29, 1.82) is 0 Å². The van der Waals surface area contributed by atoms with Gasteiger partial charge in [-0.15, -0.1) is 0 Å². The van der Waals surface area contributed by atoms with Crippen LogP contribution in [0.3, 0.4) is 0 Å². The fourth-order valence-electron chi connectivity index (χ4n) is 2.74. The minimum absolute atomic E-state index is 0.0525. The molecule has 146 valence electrons. The quantitative estimate of drug-likeness (QED) is 0.619. The van der Waals surface area contributed by atoms with Gasteiger partial charge in [-0.25, -0.2) is 9.78 Å². The van der Waals surface area contributed by atoms with Crippen molar-refractivity contribution in [1.82, 2.24) is 4.98 Å². The number of hydrogen-bond donors (Lipinski definition) is 1. The Morgan fingerprint density at radius 2 is 1.86 bits per heavy atom. The molecule has 2 aromatic carbocycles. The Labute approximate surface area is 167 Å². The zero-order valence-electron chi connectivity index (χ0n) is 16.2. The van der Waals surface area contributed by atoms with Crippen molar-refractivity contribution in [2.75, 3.05) is 11.9 Å². The summed E-state index contributed by atoms with van der Waals surface area (Å²) < 4.78 is 11.6. The van der Waals surface area contributed by atoms with Gasteiger partial charge in [-0.05, 0) is 69.2 Å². The van der Waals surface area contributed by atoms with Crippen LogP contribution in [0, 0.1) is 13.8 Å². The van der Waals surface area contributed by atoms with Crippen LogP contribution in [0.1, 0.15) is 35.3 Å². The summed E-state index contributed by atoms with van der Waals surface area (Å²) in [5, 5.41) is 3.17. The van der Waals surface area contributed by atoms with Gasteiger partial charge in [0.05, 0.1) is 21.9 Å². The molecular formula is C21H22N2O4S. The summed E-state index contributed by atoms with van der Waals surface area (Å²) in [7, 11) is 0. The number of fused-ring (bicyclic) bond motifs is 1. The molecule has 0 radical (unpaired) electrons. The van der Waals surface area contributed by atoms with Crippen LogP contribution in [-0.4, -0.2) is 29.6 Å². The number of rotatable bonds is 6. The second-order valence-electron chi connectivity index (χ2n) is 6.76. The van der Waals surface area contributed by atoms with Crippen molar-refractivity contribution < 1.29 is 19.1 Å². The topological polar surface area (TPSA) is 77.5 Å². The molecule has 0 aliphatic heterocycles. The van der Waals surface area contributed by atoms with Gasteiger partial charge in [0.2, 0.25) is 0 Å². The van der Waals surface area contributed by atoms with Crippen LogP contribution in [0.4, 0.5) is 5.13 Å². The van der Waals surface area contributed by atoms with E-state index in [-0.39, 0.29) is 12.7 Å². The van der Waals surface area contributed by atoms with E-state index in [1.54, 1.807) is 24.3 Å². The Morgan fingerprint density at radius 3 is 2.54 bits per heavy atom. The lowest BCUT2D eigenvalue weighted by Gasteiger charge is -2.10. The lowest BCUT2D eigenvalue weighted by atomic mass is 10.1. The molecule has 0 aliphatic rings. The zero-order valence-corrected chi connectivity index (χ0v) is 17.1. The predicted molar refractivity (Wildman–Crippen MR) is 110 cm³/mol. The number of thiazole rings is 1. The maximum atomic E-state index is 12.1. The van der Waals surface area contributed by atoms with Crippen molar-refractivity contribution in [2.45, 2.75) is 33.8 Å². The van der Waals surface area contributed by atoms with Gasteiger partial charge < -0.3 is 9.47 Å². The number of anilines is 1. The van der Waals surface area contributed by atoms with E-state index < -0.39 is 11.9 Å². The lowest BCUT2D eigenvalue weighted by molar-refractivity contribution is -0.119. The molecule has 0 unspecified atom stereocenters. The molecule has 3 aromatic rings. The van der Waals surface area contributed by atoms with Gasteiger partial charge in [0.15, 0.2) is 11.7 Å². The number of esters is 1. The van der Waals surface area contributed by atoms with E-state index in [1.165, 1.54) is 11.3 Å². The van der Waals surface area contributed by atoms with Gasteiger partial charge in [0.1, 0.15) is 5.75 Å². The minimum atomic E-state index is -0.568. The molecule has 0 bridgehead atoms. The van der Waals surface area contributed by atoms with Gasteiger partial charge in [0.25, 0.3) is 5.91 Å². The number of carbonyl (C=O) groups is 2. The van der Waals surface area contributed by atoms with Gasteiger partial charge >= 0.3 is 5.97 Å². The normalized spacial score (nSPS) is 10.9. The molecule has 0 aliphatic carbocycles. The summed E-state index contributed by atoms with van der Waals surface area (Å²) in [6.07, 6.45) is 0.0525. The van der Waals surface area contributed by atoms with E-state index in [4.69, 9.17) is 9.47 Å². The summed E-state index contributed by atoms with van der Waals surface area (Å²) >= 11 is 1.39. The van der Waals surface area contributed by atoms with Crippen molar-refractivity contribution in [2.24, 2.45) is 0 Å². The first-order valence-corrected chi connectivity index (χ1v) is 9.75. The van der Waals surface area contributed by atoms with Crippen LogP contribution < -0.4 is 10.1 Å². The van der Waals surface area contributed by atoms with Gasteiger partial charge in [-0.3, -0.25) is 10.1 Å². The Balaban J connectivity index is 1.56. The van der Waals surface area contributed by atoms with Gasteiger partial charge in [-0.2, -0.15) is 0 Å². The standard InChI is InChI=1S/C21H22N2O4S/c1-12(2)27-16-7-5-15(6-8-16)20(25)26-11-18(24)22-21-23-19-14(4)9-13(3)10-17(19)28-21/h5-10,12H,11H2,1-4H3,(H,22,23,24). The summed E-state index contributed by atoms with van der Waals surface area (Å²) in [6, 6.07) is 10.7. The molecule has 0 spiro atoms. The molecule has 1 N–H and O–H groups in total. The van der Waals surface area contributed by atoms with E-state index >= 15 is 0 Å². The van der Waals surface area contributed by atoms with Crippen LogP contribution in [0.2, 0.25) is 0 Å². The molecule has 7 heteroatoms. The molecule has 1 heterocycles. The average molecular weight is 398 g/mol. The SMILES string of the molecule is Cc1cc(C)c2nc(NC(=O)COC(=O)c3ccc(OC(C)C)cc3)sc2c1. The second kappa shape index (κ2) is 8.39. The van der Waals surface area contributed by atoms with Crippen LogP contribution in [0.25, 0.3) is 10.2 Å². The zero-order chi connectivity index (χ0) is 20.3. The Bertz CT molecular complexity index is 1010. The third-order valence-corrected chi connectivity index (χ3v) is 4.79. The van der Waals surface area contributed by atoms with Crippen molar-refractivity contribution in [3.8, 4) is 5.75 Å². The number of aromatic nitrogens is 1. The number of benzene rings is 2. The molecule has 0 fully saturated rings. The molecule has 28 heavy (non-hydrogen) atoms.